The summed E-state index contributed by atoms with van der Waals surface area (Å²) in [6.07, 6.45) is 0. The monoisotopic (exact) mass is 207 g/mol. The highest BCUT2D eigenvalue weighted by Crippen LogP contribution is 2.14. The highest BCUT2D eigenvalue weighted by atomic mass is 19.1. The third-order valence-corrected chi connectivity index (χ3v) is 1.71. The molecule has 0 saturated carbocycles. The Bertz CT molecular complexity index is 412. The lowest BCUT2D eigenvalue weighted by atomic mass is 10.2. The molecule has 2 N–H and O–H groups in total. The van der Waals surface area contributed by atoms with Crippen LogP contribution in [0.4, 0.5) is 10.1 Å². The third kappa shape index (κ3) is 3.04. The number of carbonyl (C=O) groups excluding carboxylic acids is 1. The van der Waals surface area contributed by atoms with E-state index >= 15 is 0 Å². The average Bonchev–Trinajstić information content (AvgIpc) is 2.21. The topological polar surface area (TPSA) is 64.9 Å². The molecule has 0 saturated heterocycles. The quantitative estimate of drug-likeness (QED) is 0.772. The first-order chi connectivity index (χ1) is 7.17. The van der Waals surface area contributed by atoms with E-state index in [1.54, 1.807) is 7.05 Å². The molecule has 0 spiro atoms. The maximum absolute atomic E-state index is 13.3. The van der Waals surface area contributed by atoms with Crippen LogP contribution in [-0.2, 0) is 4.79 Å². The molecule has 0 aromatic heterocycles. The zero-order valence-electron chi connectivity index (χ0n) is 8.17. The van der Waals surface area contributed by atoms with Gasteiger partial charge in [-0.2, -0.15) is 5.26 Å². The minimum absolute atomic E-state index is 0.0780. The van der Waals surface area contributed by atoms with Crippen LogP contribution in [0.25, 0.3) is 0 Å². The van der Waals surface area contributed by atoms with E-state index < -0.39 is 5.82 Å². The van der Waals surface area contributed by atoms with Crippen LogP contribution in [0.2, 0.25) is 0 Å². The number of hydrogen-bond acceptors (Lipinski definition) is 3. The van der Waals surface area contributed by atoms with Crippen molar-refractivity contribution in [3.63, 3.8) is 0 Å². The normalized spacial score (nSPS) is 9.40. The largest absolute Gasteiger partial charge is 0.322 e. The number of benzene rings is 1. The Morgan fingerprint density at radius 3 is 2.87 bits per heavy atom. The number of hydrogen-bond donors (Lipinski definition) is 2. The van der Waals surface area contributed by atoms with Crippen LogP contribution in [0, 0.1) is 17.1 Å². The van der Waals surface area contributed by atoms with Gasteiger partial charge in [0.15, 0.2) is 0 Å². The van der Waals surface area contributed by atoms with Crippen molar-refractivity contribution in [1.29, 1.82) is 5.26 Å². The van der Waals surface area contributed by atoms with Gasteiger partial charge in [-0.1, -0.05) is 0 Å². The molecular weight excluding hydrogens is 197 g/mol. The highest BCUT2D eigenvalue weighted by Gasteiger charge is 2.06. The molecule has 1 rings (SSSR count). The van der Waals surface area contributed by atoms with Gasteiger partial charge >= 0.3 is 0 Å². The Kier molecular flexibility index (Phi) is 3.77. The molecule has 78 valence electrons. The van der Waals surface area contributed by atoms with Gasteiger partial charge < -0.3 is 10.6 Å². The molecule has 0 fully saturated rings. The molecule has 1 amide bonds. The van der Waals surface area contributed by atoms with Gasteiger partial charge in [0, 0.05) is 0 Å². The Hall–Kier alpha value is -1.93. The molecule has 1 aromatic rings. The summed E-state index contributed by atoms with van der Waals surface area (Å²) in [7, 11) is 1.62. The number of carbonyl (C=O) groups is 1. The summed E-state index contributed by atoms with van der Waals surface area (Å²) in [5.41, 5.74) is 0.299. The average molecular weight is 207 g/mol. The fraction of sp³-hybridized carbons (Fsp3) is 0.200. The number of nitrogens with one attached hydrogen (secondary N) is 2. The molecular formula is C10H10FN3O. The SMILES string of the molecule is CNCC(=O)Nc1ccc(C#N)cc1F. The van der Waals surface area contributed by atoms with Crippen molar-refractivity contribution in [1.82, 2.24) is 5.32 Å². The number of nitriles is 1. The summed E-state index contributed by atoms with van der Waals surface area (Å²) >= 11 is 0. The van der Waals surface area contributed by atoms with Crippen LogP contribution >= 0.6 is 0 Å². The van der Waals surface area contributed by atoms with Crippen molar-refractivity contribution in [2.45, 2.75) is 0 Å². The number of rotatable bonds is 3. The van der Waals surface area contributed by atoms with E-state index in [4.69, 9.17) is 5.26 Å². The van der Waals surface area contributed by atoms with E-state index in [9.17, 15) is 9.18 Å². The fourth-order valence-electron chi connectivity index (χ4n) is 1.04. The minimum Gasteiger partial charge on any atom is -0.322 e. The van der Waals surface area contributed by atoms with E-state index in [-0.39, 0.29) is 23.7 Å². The first-order valence-corrected chi connectivity index (χ1v) is 4.31. The number of nitrogens with zero attached hydrogens (tertiary/aromatic N) is 1. The second-order valence-electron chi connectivity index (χ2n) is 2.88. The molecule has 0 atom stereocenters. The molecule has 4 nitrogen and oxygen atoms in total. The van der Waals surface area contributed by atoms with Crippen molar-refractivity contribution >= 4 is 11.6 Å². The zero-order chi connectivity index (χ0) is 11.3. The zero-order valence-corrected chi connectivity index (χ0v) is 8.17. The van der Waals surface area contributed by atoms with Crippen LogP contribution in [0.5, 0.6) is 0 Å². The molecule has 0 unspecified atom stereocenters. The number of amides is 1. The summed E-state index contributed by atoms with van der Waals surface area (Å²) in [5, 5.41) is 13.5. The van der Waals surface area contributed by atoms with Gasteiger partial charge in [-0.05, 0) is 25.2 Å². The number of anilines is 1. The van der Waals surface area contributed by atoms with Crippen molar-refractivity contribution in [3.05, 3.63) is 29.6 Å². The summed E-state index contributed by atoms with van der Waals surface area (Å²) in [6, 6.07) is 5.69. The van der Waals surface area contributed by atoms with Gasteiger partial charge in [0.25, 0.3) is 0 Å². The Labute approximate surface area is 86.7 Å². The first-order valence-electron chi connectivity index (χ1n) is 4.31. The van der Waals surface area contributed by atoms with Gasteiger partial charge in [-0.15, -0.1) is 0 Å². The molecule has 0 heterocycles. The third-order valence-electron chi connectivity index (χ3n) is 1.71. The predicted molar refractivity (Wildman–Crippen MR) is 53.7 cm³/mol. The molecule has 0 radical (unpaired) electrons. The Balaban J connectivity index is 2.79. The Morgan fingerprint density at radius 2 is 2.33 bits per heavy atom. The fourth-order valence-corrected chi connectivity index (χ4v) is 1.04. The summed E-state index contributed by atoms with van der Waals surface area (Å²) in [4.78, 5) is 11.1. The van der Waals surface area contributed by atoms with Crippen LogP contribution in [0.1, 0.15) is 5.56 Å². The summed E-state index contributed by atoms with van der Waals surface area (Å²) in [5.74, 6) is -0.945. The summed E-state index contributed by atoms with van der Waals surface area (Å²) < 4.78 is 13.3. The number of likely N-dealkylation sites (N-methyl/N-ethyl adjacent to an activating group) is 1. The second-order valence-corrected chi connectivity index (χ2v) is 2.88. The standard InChI is InChI=1S/C10H10FN3O/c1-13-6-10(15)14-9-3-2-7(5-12)4-8(9)11/h2-4,13H,6H2,1H3,(H,14,15). The first kappa shape index (κ1) is 11.1. The van der Waals surface area contributed by atoms with Crippen molar-refractivity contribution < 1.29 is 9.18 Å². The van der Waals surface area contributed by atoms with E-state index in [1.807, 2.05) is 6.07 Å². The lowest BCUT2D eigenvalue weighted by Crippen LogP contribution is -2.25. The van der Waals surface area contributed by atoms with Gasteiger partial charge in [-0.3, -0.25) is 4.79 Å². The van der Waals surface area contributed by atoms with Crippen LogP contribution in [0.15, 0.2) is 18.2 Å². The second kappa shape index (κ2) is 5.08. The van der Waals surface area contributed by atoms with Crippen LogP contribution < -0.4 is 10.6 Å². The molecule has 0 aliphatic rings. The molecule has 5 heteroatoms. The van der Waals surface area contributed by atoms with Crippen molar-refractivity contribution in [2.75, 3.05) is 18.9 Å². The number of halogens is 1. The van der Waals surface area contributed by atoms with Crippen molar-refractivity contribution in [2.24, 2.45) is 0 Å². The van der Waals surface area contributed by atoms with Crippen LogP contribution in [-0.4, -0.2) is 19.5 Å². The lowest BCUT2D eigenvalue weighted by Gasteiger charge is -2.05. The smallest absolute Gasteiger partial charge is 0.238 e. The van der Waals surface area contributed by atoms with Gasteiger partial charge in [-0.25, -0.2) is 4.39 Å². The van der Waals surface area contributed by atoms with Crippen molar-refractivity contribution in [3.8, 4) is 6.07 Å². The predicted octanol–water partition coefficient (Wildman–Crippen LogP) is 0.855. The van der Waals surface area contributed by atoms with Crippen LogP contribution in [0.3, 0.4) is 0 Å². The van der Waals surface area contributed by atoms with E-state index in [1.165, 1.54) is 12.1 Å². The van der Waals surface area contributed by atoms with E-state index in [2.05, 4.69) is 10.6 Å². The van der Waals surface area contributed by atoms with Gasteiger partial charge in [0.2, 0.25) is 5.91 Å². The van der Waals surface area contributed by atoms with Gasteiger partial charge in [0.05, 0.1) is 23.9 Å². The maximum atomic E-state index is 13.3. The minimum atomic E-state index is -0.612. The Morgan fingerprint density at radius 1 is 1.60 bits per heavy atom. The molecule has 0 aliphatic carbocycles. The van der Waals surface area contributed by atoms with E-state index in [0.717, 1.165) is 6.07 Å². The molecule has 0 aliphatic heterocycles. The molecule has 0 bridgehead atoms. The summed E-state index contributed by atoms with van der Waals surface area (Å²) in [6.45, 7) is 0.111. The molecule has 1 aromatic carbocycles. The highest BCUT2D eigenvalue weighted by molar-refractivity contribution is 5.92. The van der Waals surface area contributed by atoms with Gasteiger partial charge in [0.1, 0.15) is 5.82 Å². The molecule has 15 heavy (non-hydrogen) atoms. The maximum Gasteiger partial charge on any atom is 0.238 e. The van der Waals surface area contributed by atoms with E-state index in [0.29, 0.717) is 0 Å². The lowest BCUT2D eigenvalue weighted by molar-refractivity contribution is -0.115.